The quantitative estimate of drug-likeness (QED) is 0.811. The minimum Gasteiger partial charge on any atom is -0.451 e. The van der Waals surface area contributed by atoms with Crippen molar-refractivity contribution in [1.29, 1.82) is 0 Å². The SMILES string of the molecule is Cl.O=C(NC1CCCN(C(=O)C2CC(F)(F)CN2)C1)c1cc2ccccc2o1. The molecule has 152 valence electrons. The van der Waals surface area contributed by atoms with Crippen LogP contribution in [-0.2, 0) is 4.79 Å². The molecule has 6 nitrogen and oxygen atoms in total. The number of alkyl halides is 2. The molecule has 2 amide bonds. The summed E-state index contributed by atoms with van der Waals surface area (Å²) in [6, 6.07) is 7.94. The molecule has 0 bridgehead atoms. The number of para-hydroxylation sites is 1. The van der Waals surface area contributed by atoms with Crippen molar-refractivity contribution >= 4 is 35.2 Å². The number of amides is 2. The van der Waals surface area contributed by atoms with Crippen LogP contribution in [0.4, 0.5) is 8.78 Å². The summed E-state index contributed by atoms with van der Waals surface area (Å²) in [6.45, 7) is 0.359. The number of fused-ring (bicyclic) bond motifs is 1. The van der Waals surface area contributed by atoms with E-state index in [1.54, 1.807) is 17.0 Å². The Morgan fingerprint density at radius 3 is 2.79 bits per heavy atom. The van der Waals surface area contributed by atoms with Crippen molar-refractivity contribution < 1.29 is 22.8 Å². The van der Waals surface area contributed by atoms with E-state index in [0.29, 0.717) is 25.1 Å². The maximum absolute atomic E-state index is 13.3. The number of nitrogens with one attached hydrogen (secondary N) is 2. The third kappa shape index (κ3) is 4.28. The second kappa shape index (κ2) is 8.05. The number of nitrogens with zero attached hydrogens (tertiary/aromatic N) is 1. The van der Waals surface area contributed by atoms with Crippen LogP contribution in [-0.4, -0.2) is 54.4 Å². The van der Waals surface area contributed by atoms with Gasteiger partial charge in [-0.3, -0.25) is 14.9 Å². The molecule has 2 saturated heterocycles. The Balaban J connectivity index is 0.00000225. The lowest BCUT2D eigenvalue weighted by atomic mass is 10.0. The predicted octanol–water partition coefficient (Wildman–Crippen LogP) is 2.57. The number of hydrogen-bond acceptors (Lipinski definition) is 4. The van der Waals surface area contributed by atoms with Crippen molar-refractivity contribution in [3.05, 3.63) is 36.1 Å². The van der Waals surface area contributed by atoms with Crippen LogP contribution in [0.5, 0.6) is 0 Å². The summed E-state index contributed by atoms with van der Waals surface area (Å²) < 4.78 is 32.3. The van der Waals surface area contributed by atoms with E-state index in [9.17, 15) is 18.4 Å². The van der Waals surface area contributed by atoms with E-state index in [1.165, 1.54) is 0 Å². The van der Waals surface area contributed by atoms with Gasteiger partial charge >= 0.3 is 0 Å². The smallest absolute Gasteiger partial charge is 0.287 e. The molecule has 2 unspecified atom stereocenters. The third-order valence-electron chi connectivity index (χ3n) is 5.13. The monoisotopic (exact) mass is 413 g/mol. The molecule has 2 fully saturated rings. The predicted molar refractivity (Wildman–Crippen MR) is 102 cm³/mol. The molecule has 0 saturated carbocycles. The van der Waals surface area contributed by atoms with Crippen molar-refractivity contribution in [2.45, 2.75) is 37.3 Å². The van der Waals surface area contributed by atoms with Gasteiger partial charge in [-0.25, -0.2) is 8.78 Å². The Kier molecular flexibility index (Phi) is 5.90. The molecule has 2 aliphatic rings. The number of furan rings is 1. The van der Waals surface area contributed by atoms with Gasteiger partial charge in [0.05, 0.1) is 12.6 Å². The van der Waals surface area contributed by atoms with Gasteiger partial charge < -0.3 is 14.6 Å². The molecular weight excluding hydrogens is 392 g/mol. The zero-order valence-electron chi connectivity index (χ0n) is 15.1. The van der Waals surface area contributed by atoms with Gasteiger partial charge in [-0.1, -0.05) is 18.2 Å². The molecule has 0 spiro atoms. The Hall–Kier alpha value is -2.19. The Morgan fingerprint density at radius 1 is 1.29 bits per heavy atom. The molecule has 0 radical (unpaired) electrons. The summed E-state index contributed by atoms with van der Waals surface area (Å²) in [5.74, 6) is -3.28. The summed E-state index contributed by atoms with van der Waals surface area (Å²) in [5, 5.41) is 6.33. The van der Waals surface area contributed by atoms with Gasteiger partial charge in [-0.05, 0) is 25.0 Å². The van der Waals surface area contributed by atoms with E-state index in [1.807, 2.05) is 18.2 Å². The summed E-state index contributed by atoms with van der Waals surface area (Å²) in [5.41, 5.74) is 0.635. The van der Waals surface area contributed by atoms with Crippen LogP contribution < -0.4 is 10.6 Å². The first-order valence-corrected chi connectivity index (χ1v) is 9.11. The number of benzene rings is 1. The Labute approximate surface area is 167 Å². The molecule has 2 aliphatic heterocycles. The standard InChI is InChI=1S/C19H21F2N3O3.ClH/c20-19(21)9-14(22-11-19)18(26)24-7-3-5-13(10-24)23-17(25)16-8-12-4-1-2-6-15(12)27-16;/h1-2,4,6,8,13-14,22H,3,5,7,9-11H2,(H,23,25);1H. The minimum atomic E-state index is -2.84. The van der Waals surface area contributed by atoms with Gasteiger partial charge in [0.2, 0.25) is 5.91 Å². The molecule has 4 rings (SSSR count). The summed E-state index contributed by atoms with van der Waals surface area (Å²) >= 11 is 0. The Bertz CT molecular complexity index is 840. The van der Waals surface area contributed by atoms with Crippen LogP contribution in [0.25, 0.3) is 11.0 Å². The second-order valence-electron chi connectivity index (χ2n) is 7.24. The van der Waals surface area contributed by atoms with E-state index in [-0.39, 0.29) is 36.0 Å². The summed E-state index contributed by atoms with van der Waals surface area (Å²) in [7, 11) is 0. The average Bonchev–Trinajstić information content (AvgIpc) is 3.24. The molecular formula is C19H22ClF2N3O3. The zero-order chi connectivity index (χ0) is 19.0. The van der Waals surface area contributed by atoms with Gasteiger partial charge in [0, 0.05) is 30.9 Å². The third-order valence-corrected chi connectivity index (χ3v) is 5.13. The number of halogens is 3. The van der Waals surface area contributed by atoms with E-state index in [0.717, 1.165) is 11.8 Å². The fraction of sp³-hybridized carbons (Fsp3) is 0.474. The Morgan fingerprint density at radius 2 is 2.07 bits per heavy atom. The van der Waals surface area contributed by atoms with Crippen LogP contribution in [0.3, 0.4) is 0 Å². The highest BCUT2D eigenvalue weighted by molar-refractivity contribution is 5.96. The van der Waals surface area contributed by atoms with Crippen LogP contribution in [0.15, 0.2) is 34.7 Å². The van der Waals surface area contributed by atoms with Crippen LogP contribution in [0.1, 0.15) is 29.8 Å². The van der Waals surface area contributed by atoms with E-state index < -0.39 is 24.9 Å². The number of likely N-dealkylation sites (tertiary alicyclic amines) is 1. The topological polar surface area (TPSA) is 74.6 Å². The fourth-order valence-electron chi connectivity index (χ4n) is 3.76. The maximum Gasteiger partial charge on any atom is 0.287 e. The minimum absolute atomic E-state index is 0. The zero-order valence-corrected chi connectivity index (χ0v) is 15.9. The number of hydrogen-bond donors (Lipinski definition) is 2. The fourth-order valence-corrected chi connectivity index (χ4v) is 3.76. The van der Waals surface area contributed by atoms with Crippen molar-refractivity contribution in [3.63, 3.8) is 0 Å². The molecule has 28 heavy (non-hydrogen) atoms. The van der Waals surface area contributed by atoms with Crippen molar-refractivity contribution in [3.8, 4) is 0 Å². The van der Waals surface area contributed by atoms with Gasteiger partial charge in [0.15, 0.2) is 5.76 Å². The number of carbonyl (C=O) groups is 2. The van der Waals surface area contributed by atoms with Crippen LogP contribution in [0.2, 0.25) is 0 Å². The normalized spacial score (nSPS) is 24.0. The van der Waals surface area contributed by atoms with Crippen LogP contribution in [0, 0.1) is 0 Å². The molecule has 0 aliphatic carbocycles. The van der Waals surface area contributed by atoms with Gasteiger partial charge in [0.25, 0.3) is 11.8 Å². The van der Waals surface area contributed by atoms with E-state index >= 15 is 0 Å². The largest absolute Gasteiger partial charge is 0.451 e. The molecule has 3 heterocycles. The number of piperidine rings is 1. The van der Waals surface area contributed by atoms with Gasteiger partial charge in [-0.2, -0.15) is 0 Å². The molecule has 2 atom stereocenters. The average molecular weight is 414 g/mol. The second-order valence-corrected chi connectivity index (χ2v) is 7.24. The summed E-state index contributed by atoms with van der Waals surface area (Å²) in [4.78, 5) is 26.5. The van der Waals surface area contributed by atoms with Gasteiger partial charge in [-0.15, -0.1) is 12.4 Å². The lowest BCUT2D eigenvalue weighted by molar-refractivity contribution is -0.135. The van der Waals surface area contributed by atoms with Crippen LogP contribution >= 0.6 is 12.4 Å². The number of carbonyl (C=O) groups excluding carboxylic acids is 2. The van der Waals surface area contributed by atoms with Crippen molar-refractivity contribution in [1.82, 2.24) is 15.5 Å². The van der Waals surface area contributed by atoms with Crippen molar-refractivity contribution in [2.75, 3.05) is 19.6 Å². The van der Waals surface area contributed by atoms with Crippen molar-refractivity contribution in [2.24, 2.45) is 0 Å². The first kappa shape index (κ1) is 20.5. The van der Waals surface area contributed by atoms with E-state index in [2.05, 4.69) is 10.6 Å². The maximum atomic E-state index is 13.3. The first-order valence-electron chi connectivity index (χ1n) is 9.11. The lowest BCUT2D eigenvalue weighted by Gasteiger charge is -2.34. The number of rotatable bonds is 3. The highest BCUT2D eigenvalue weighted by Gasteiger charge is 2.44. The summed E-state index contributed by atoms with van der Waals surface area (Å²) in [6.07, 6.45) is 0.961. The molecule has 9 heteroatoms. The van der Waals surface area contributed by atoms with E-state index in [4.69, 9.17) is 4.42 Å². The van der Waals surface area contributed by atoms with Gasteiger partial charge in [0.1, 0.15) is 5.58 Å². The molecule has 1 aromatic heterocycles. The highest BCUT2D eigenvalue weighted by atomic mass is 35.5. The molecule has 2 N–H and O–H groups in total. The molecule has 1 aromatic carbocycles. The molecule has 2 aromatic rings. The highest BCUT2D eigenvalue weighted by Crippen LogP contribution is 2.27. The first-order chi connectivity index (χ1) is 12.9. The lowest BCUT2D eigenvalue weighted by Crippen LogP contribution is -2.53.